The summed E-state index contributed by atoms with van der Waals surface area (Å²) in [5.41, 5.74) is 1.24. The van der Waals surface area contributed by atoms with Gasteiger partial charge in [0.1, 0.15) is 5.75 Å². The van der Waals surface area contributed by atoms with E-state index in [1.807, 2.05) is 12.1 Å². The van der Waals surface area contributed by atoms with Gasteiger partial charge >= 0.3 is 5.97 Å². The number of benzene rings is 1. The highest BCUT2D eigenvalue weighted by molar-refractivity contribution is 5.70. The number of aliphatic carboxylic acids is 1. The van der Waals surface area contributed by atoms with Crippen LogP contribution < -0.4 is 4.74 Å². The zero-order valence-electron chi connectivity index (χ0n) is 11.7. The zero-order chi connectivity index (χ0) is 14.0. The van der Waals surface area contributed by atoms with Gasteiger partial charge in [0, 0.05) is 19.1 Å². The smallest absolute Gasteiger partial charge is 0.306 e. The molecule has 1 aromatic carbocycles. The molecule has 1 aliphatic heterocycles. The Hall–Kier alpha value is -1.55. The summed E-state index contributed by atoms with van der Waals surface area (Å²) in [7, 11) is 1.66. The quantitative estimate of drug-likeness (QED) is 0.886. The fraction of sp³-hybridized carbons (Fsp3) is 0.533. The molecule has 0 bridgehead atoms. The first-order valence-corrected chi connectivity index (χ1v) is 6.63. The van der Waals surface area contributed by atoms with Crippen molar-refractivity contribution in [1.29, 1.82) is 0 Å². The maximum absolute atomic E-state index is 10.9. The van der Waals surface area contributed by atoms with Gasteiger partial charge in [0.05, 0.1) is 13.0 Å². The normalized spacial score (nSPS) is 19.5. The van der Waals surface area contributed by atoms with Crippen molar-refractivity contribution in [2.45, 2.75) is 19.9 Å². The van der Waals surface area contributed by atoms with Gasteiger partial charge < -0.3 is 9.84 Å². The highest BCUT2D eigenvalue weighted by atomic mass is 16.5. The molecule has 2 atom stereocenters. The van der Waals surface area contributed by atoms with Crippen molar-refractivity contribution in [2.24, 2.45) is 11.8 Å². The number of nitrogens with zero attached hydrogens (tertiary/aromatic N) is 1. The van der Waals surface area contributed by atoms with Crippen LogP contribution in [0.5, 0.6) is 5.75 Å². The lowest BCUT2D eigenvalue weighted by Crippen LogP contribution is -2.51. The topological polar surface area (TPSA) is 49.8 Å². The molecule has 0 aliphatic carbocycles. The molecule has 0 aromatic heterocycles. The van der Waals surface area contributed by atoms with E-state index in [1.54, 1.807) is 14.0 Å². The van der Waals surface area contributed by atoms with E-state index in [2.05, 4.69) is 24.0 Å². The molecule has 19 heavy (non-hydrogen) atoms. The van der Waals surface area contributed by atoms with E-state index in [0.717, 1.165) is 18.8 Å². The highest BCUT2D eigenvalue weighted by Gasteiger charge is 2.36. The Bertz CT molecular complexity index is 437. The Morgan fingerprint density at radius 1 is 1.32 bits per heavy atom. The number of hydrogen-bond donors (Lipinski definition) is 1. The van der Waals surface area contributed by atoms with Crippen LogP contribution in [0.3, 0.4) is 0 Å². The summed E-state index contributed by atoms with van der Waals surface area (Å²) in [6.07, 6.45) is 0. The van der Waals surface area contributed by atoms with Crippen molar-refractivity contribution in [3.05, 3.63) is 29.8 Å². The number of hydrogen-bond acceptors (Lipinski definition) is 3. The number of carboxylic acid groups (broad SMARTS) is 1. The molecule has 0 spiro atoms. The third-order valence-electron chi connectivity index (χ3n) is 4.18. The van der Waals surface area contributed by atoms with E-state index in [9.17, 15) is 4.79 Å². The Kier molecular flexibility index (Phi) is 4.10. The maximum Gasteiger partial charge on any atom is 0.306 e. The Labute approximate surface area is 114 Å². The van der Waals surface area contributed by atoms with Crippen LogP contribution in [0.1, 0.15) is 25.5 Å². The molecular weight excluding hydrogens is 242 g/mol. The Balaban J connectivity index is 1.92. The molecule has 1 aromatic rings. The molecule has 2 unspecified atom stereocenters. The van der Waals surface area contributed by atoms with Crippen molar-refractivity contribution >= 4 is 5.97 Å². The number of rotatable bonds is 5. The molecule has 0 amide bonds. The minimum absolute atomic E-state index is 0.251. The molecule has 4 nitrogen and oxygen atoms in total. The van der Waals surface area contributed by atoms with Crippen molar-refractivity contribution in [3.8, 4) is 5.75 Å². The lowest BCUT2D eigenvalue weighted by Gasteiger charge is -2.45. The van der Waals surface area contributed by atoms with Crippen LogP contribution in [-0.4, -0.2) is 36.2 Å². The number of carboxylic acids is 1. The van der Waals surface area contributed by atoms with E-state index in [4.69, 9.17) is 9.84 Å². The van der Waals surface area contributed by atoms with E-state index in [0.29, 0.717) is 6.04 Å². The SMILES string of the molecule is COc1ccc(C(C)N2CC(C(C)C(=O)O)C2)cc1. The predicted octanol–water partition coefficient (Wildman–Crippen LogP) is 2.41. The first-order valence-electron chi connectivity index (χ1n) is 6.63. The van der Waals surface area contributed by atoms with Crippen LogP contribution in [-0.2, 0) is 4.79 Å². The summed E-state index contributed by atoms with van der Waals surface area (Å²) in [6, 6.07) is 8.38. The fourth-order valence-electron chi connectivity index (χ4n) is 2.48. The van der Waals surface area contributed by atoms with Crippen molar-refractivity contribution in [3.63, 3.8) is 0 Å². The van der Waals surface area contributed by atoms with E-state index in [-0.39, 0.29) is 11.8 Å². The number of likely N-dealkylation sites (tertiary alicyclic amines) is 1. The molecule has 104 valence electrons. The van der Waals surface area contributed by atoms with Crippen molar-refractivity contribution in [1.82, 2.24) is 4.90 Å². The van der Waals surface area contributed by atoms with Gasteiger partial charge in [-0.1, -0.05) is 19.1 Å². The lowest BCUT2D eigenvalue weighted by atomic mass is 9.85. The Morgan fingerprint density at radius 3 is 2.37 bits per heavy atom. The molecule has 0 saturated carbocycles. The molecule has 1 heterocycles. The third-order valence-corrected chi connectivity index (χ3v) is 4.18. The second-order valence-electron chi connectivity index (χ2n) is 5.29. The van der Waals surface area contributed by atoms with Gasteiger partial charge in [-0.05, 0) is 30.5 Å². The van der Waals surface area contributed by atoms with Crippen molar-refractivity contribution < 1.29 is 14.6 Å². The van der Waals surface area contributed by atoms with Crippen LogP contribution >= 0.6 is 0 Å². The zero-order valence-corrected chi connectivity index (χ0v) is 11.7. The van der Waals surface area contributed by atoms with Crippen LogP contribution in [0.15, 0.2) is 24.3 Å². The number of carbonyl (C=O) groups is 1. The second-order valence-corrected chi connectivity index (χ2v) is 5.29. The summed E-state index contributed by atoms with van der Waals surface area (Å²) in [4.78, 5) is 13.2. The van der Waals surface area contributed by atoms with E-state index < -0.39 is 5.97 Å². The lowest BCUT2D eigenvalue weighted by molar-refractivity contribution is -0.146. The molecular formula is C15H21NO3. The molecule has 4 heteroatoms. The largest absolute Gasteiger partial charge is 0.497 e. The number of methoxy groups -OCH3 is 1. The fourth-order valence-corrected chi connectivity index (χ4v) is 2.48. The van der Waals surface area contributed by atoms with Gasteiger partial charge in [0.2, 0.25) is 0 Å². The van der Waals surface area contributed by atoms with E-state index in [1.165, 1.54) is 5.56 Å². The van der Waals surface area contributed by atoms with Gasteiger partial charge in [0.15, 0.2) is 0 Å². The maximum atomic E-state index is 10.9. The average Bonchev–Trinajstić information content (AvgIpc) is 2.36. The molecule has 1 saturated heterocycles. The monoisotopic (exact) mass is 263 g/mol. The molecule has 0 radical (unpaired) electrons. The summed E-state index contributed by atoms with van der Waals surface area (Å²) >= 11 is 0. The predicted molar refractivity (Wildman–Crippen MR) is 73.3 cm³/mol. The first-order chi connectivity index (χ1) is 9.02. The molecule has 1 aliphatic rings. The summed E-state index contributed by atoms with van der Waals surface area (Å²) < 4.78 is 5.15. The standard InChI is InChI=1S/C15H21NO3/c1-10(15(17)18)13-8-16(9-13)11(2)12-4-6-14(19-3)7-5-12/h4-7,10-11,13H,8-9H2,1-3H3,(H,17,18). The molecule has 1 N–H and O–H groups in total. The van der Waals surface area contributed by atoms with Gasteiger partial charge in [-0.3, -0.25) is 9.69 Å². The number of ether oxygens (including phenoxy) is 1. The van der Waals surface area contributed by atoms with Gasteiger partial charge in [-0.2, -0.15) is 0 Å². The van der Waals surface area contributed by atoms with E-state index >= 15 is 0 Å². The summed E-state index contributed by atoms with van der Waals surface area (Å²) in [6.45, 7) is 5.67. The highest BCUT2D eigenvalue weighted by Crippen LogP contribution is 2.32. The van der Waals surface area contributed by atoms with Gasteiger partial charge in [-0.25, -0.2) is 0 Å². The van der Waals surface area contributed by atoms with Crippen LogP contribution in [0, 0.1) is 11.8 Å². The van der Waals surface area contributed by atoms with Crippen LogP contribution in [0.2, 0.25) is 0 Å². The van der Waals surface area contributed by atoms with Crippen LogP contribution in [0.4, 0.5) is 0 Å². The van der Waals surface area contributed by atoms with Crippen molar-refractivity contribution in [2.75, 3.05) is 20.2 Å². The summed E-state index contributed by atoms with van der Waals surface area (Å²) in [5.74, 6) is 0.191. The summed E-state index contributed by atoms with van der Waals surface area (Å²) in [5, 5.41) is 8.98. The minimum Gasteiger partial charge on any atom is -0.497 e. The average molecular weight is 263 g/mol. The molecule has 1 fully saturated rings. The third kappa shape index (κ3) is 2.89. The van der Waals surface area contributed by atoms with Crippen LogP contribution in [0.25, 0.3) is 0 Å². The molecule has 2 rings (SSSR count). The second kappa shape index (κ2) is 5.61. The van der Waals surface area contributed by atoms with Gasteiger partial charge in [-0.15, -0.1) is 0 Å². The minimum atomic E-state index is -0.693. The van der Waals surface area contributed by atoms with Gasteiger partial charge in [0.25, 0.3) is 0 Å². The first kappa shape index (κ1) is 13.9. The Morgan fingerprint density at radius 2 is 1.89 bits per heavy atom.